The molecule has 1 aromatic rings. The molecule has 0 bridgehead atoms. The molecule has 1 aliphatic carbocycles. The summed E-state index contributed by atoms with van der Waals surface area (Å²) < 4.78 is 0. The van der Waals surface area contributed by atoms with Gasteiger partial charge in [-0.2, -0.15) is 0 Å². The predicted octanol–water partition coefficient (Wildman–Crippen LogP) is 1.57. The van der Waals surface area contributed by atoms with Crippen molar-refractivity contribution in [2.24, 2.45) is 11.7 Å². The molecule has 37 heavy (non-hydrogen) atoms. The Labute approximate surface area is 219 Å². The van der Waals surface area contributed by atoms with Crippen LogP contribution in [0.25, 0.3) is 0 Å². The molecule has 2 aliphatic rings. The van der Waals surface area contributed by atoms with Crippen molar-refractivity contribution >= 4 is 41.0 Å². The number of hydrogen-bond acceptors (Lipinski definition) is 7. The van der Waals surface area contributed by atoms with Gasteiger partial charge < -0.3 is 31.5 Å². The maximum atomic E-state index is 13.1. The van der Waals surface area contributed by atoms with Gasteiger partial charge in [-0.15, -0.1) is 11.3 Å². The maximum Gasteiger partial charge on any atom is 0.326 e. The second-order valence-corrected chi connectivity index (χ2v) is 10.7. The number of carbonyl (C=O) groups excluding carboxylic acids is 3. The third-order valence-electron chi connectivity index (χ3n) is 7.24. The Bertz CT molecular complexity index is 970. The van der Waals surface area contributed by atoms with Gasteiger partial charge in [0.05, 0.1) is 4.88 Å². The predicted molar refractivity (Wildman–Crippen MR) is 136 cm³/mol. The first-order valence-corrected chi connectivity index (χ1v) is 13.7. The fourth-order valence-corrected chi connectivity index (χ4v) is 5.99. The van der Waals surface area contributed by atoms with Crippen LogP contribution in [0, 0.1) is 5.92 Å². The van der Waals surface area contributed by atoms with Crippen LogP contribution >= 0.6 is 11.3 Å². The second kappa shape index (κ2) is 13.5. The number of nitrogens with one attached hydrogen (secondary N) is 2. The summed E-state index contributed by atoms with van der Waals surface area (Å²) in [5.41, 5.74) is 5.54. The molecule has 5 atom stereocenters. The quantitative estimate of drug-likeness (QED) is 0.236. The van der Waals surface area contributed by atoms with Gasteiger partial charge in [-0.3, -0.25) is 14.4 Å². The molecule has 0 spiro atoms. The van der Waals surface area contributed by atoms with Crippen LogP contribution in [-0.2, 0) is 19.2 Å². The van der Waals surface area contributed by atoms with E-state index < -0.39 is 47.8 Å². The Balaban J connectivity index is 1.63. The van der Waals surface area contributed by atoms with Gasteiger partial charge in [-0.05, 0) is 68.9 Å². The van der Waals surface area contributed by atoms with Gasteiger partial charge >= 0.3 is 11.9 Å². The number of fused-ring (bicyclic) bond motifs is 1. The molecule has 1 saturated carbocycles. The normalized spacial score (nSPS) is 22.5. The van der Waals surface area contributed by atoms with Crippen molar-refractivity contribution < 1.29 is 34.2 Å². The average Bonchev–Trinajstić information content (AvgIpc) is 3.54. The molecule has 204 valence electrons. The third-order valence-corrected chi connectivity index (χ3v) is 8.10. The van der Waals surface area contributed by atoms with E-state index >= 15 is 0 Å². The van der Waals surface area contributed by atoms with Gasteiger partial charge in [-0.1, -0.05) is 18.9 Å². The molecule has 1 aromatic heterocycles. The second-order valence-electron chi connectivity index (χ2n) is 9.73. The summed E-state index contributed by atoms with van der Waals surface area (Å²) >= 11 is 1.22. The lowest BCUT2D eigenvalue weighted by Crippen LogP contribution is -2.52. The highest BCUT2D eigenvalue weighted by atomic mass is 32.1. The number of rotatable bonds is 13. The van der Waals surface area contributed by atoms with Crippen molar-refractivity contribution in [1.82, 2.24) is 15.5 Å². The molecule has 3 amide bonds. The summed E-state index contributed by atoms with van der Waals surface area (Å²) in [5, 5.41) is 26.3. The number of carboxylic acids is 2. The fraction of sp³-hybridized carbons (Fsp3) is 0.640. The van der Waals surface area contributed by atoms with Crippen molar-refractivity contribution in [2.75, 3.05) is 6.54 Å². The number of carboxylic acid groups (broad SMARTS) is 2. The van der Waals surface area contributed by atoms with E-state index in [9.17, 15) is 34.2 Å². The zero-order valence-corrected chi connectivity index (χ0v) is 21.6. The van der Waals surface area contributed by atoms with Crippen molar-refractivity contribution in [3.8, 4) is 0 Å². The zero-order chi connectivity index (χ0) is 26.9. The number of amides is 3. The molecule has 12 heteroatoms. The molecule has 0 unspecified atom stereocenters. The summed E-state index contributed by atoms with van der Waals surface area (Å²) in [7, 11) is 0. The van der Waals surface area contributed by atoms with E-state index in [2.05, 4.69) is 10.6 Å². The summed E-state index contributed by atoms with van der Waals surface area (Å²) in [6, 6.07) is -0.0276. The molecule has 1 aliphatic heterocycles. The summed E-state index contributed by atoms with van der Waals surface area (Å²) in [6.45, 7) is 0.419. The lowest BCUT2D eigenvalue weighted by Gasteiger charge is -2.33. The summed E-state index contributed by atoms with van der Waals surface area (Å²) in [6.07, 6.45) is 5.07. The number of aliphatic carboxylic acids is 2. The minimum Gasteiger partial charge on any atom is -0.480 e. The number of carbonyl (C=O) groups is 5. The van der Waals surface area contributed by atoms with Crippen molar-refractivity contribution in [2.45, 2.75) is 88.4 Å². The Hall–Kier alpha value is -2.99. The third kappa shape index (κ3) is 7.51. The lowest BCUT2D eigenvalue weighted by atomic mass is 9.84. The van der Waals surface area contributed by atoms with Crippen molar-refractivity contribution in [3.63, 3.8) is 0 Å². The molecule has 2 fully saturated rings. The highest BCUT2D eigenvalue weighted by Crippen LogP contribution is 2.40. The Morgan fingerprint density at radius 2 is 1.81 bits per heavy atom. The minimum absolute atomic E-state index is 0.139. The molecule has 0 radical (unpaired) electrons. The van der Waals surface area contributed by atoms with Crippen LogP contribution in [0.3, 0.4) is 0 Å². The minimum atomic E-state index is -1.36. The van der Waals surface area contributed by atoms with Crippen molar-refractivity contribution in [3.05, 3.63) is 22.4 Å². The van der Waals surface area contributed by atoms with E-state index in [0.717, 1.165) is 25.7 Å². The largest absolute Gasteiger partial charge is 0.480 e. The van der Waals surface area contributed by atoms with Crippen LogP contribution < -0.4 is 16.4 Å². The highest BCUT2D eigenvalue weighted by Gasteiger charge is 2.47. The number of likely N-dealkylation sites (tertiary alicyclic amines) is 1. The van der Waals surface area contributed by atoms with Gasteiger partial charge in [0.1, 0.15) is 18.1 Å². The van der Waals surface area contributed by atoms with Crippen LogP contribution in [-0.4, -0.2) is 75.5 Å². The van der Waals surface area contributed by atoms with Crippen molar-refractivity contribution in [1.29, 1.82) is 0 Å². The number of nitrogens with two attached hydrogens (primary N) is 1. The van der Waals surface area contributed by atoms with Gasteiger partial charge in [0.2, 0.25) is 11.8 Å². The van der Waals surface area contributed by atoms with Gasteiger partial charge in [0, 0.05) is 12.5 Å². The fourth-order valence-electron chi connectivity index (χ4n) is 5.36. The Kier molecular flexibility index (Phi) is 10.4. The van der Waals surface area contributed by atoms with Gasteiger partial charge in [-0.25, -0.2) is 9.59 Å². The Morgan fingerprint density at radius 1 is 1.05 bits per heavy atom. The topological polar surface area (TPSA) is 179 Å². The van der Waals surface area contributed by atoms with E-state index in [1.807, 2.05) is 0 Å². The standard InChI is InChI=1S/C25H36N4O7S/c26-12-4-3-7-16(27-23(32)20-9-5-13-37-20)22(31)28-17(24(33)34)10-11-21(30)29-18-8-2-1-6-15(18)14-19(29)25(35)36/h5,9,13,15-19H,1-4,6-8,10-12,14,26H2,(H,27,32)(H,28,31)(H,33,34)(H,35,36)/t15-,16-,17+,18-,19-/m0/s1. The number of unbranched alkanes of at least 4 members (excludes halogenated alkanes) is 1. The van der Waals surface area contributed by atoms with Gasteiger partial charge in [0.15, 0.2) is 0 Å². The maximum absolute atomic E-state index is 13.1. The Morgan fingerprint density at radius 3 is 2.46 bits per heavy atom. The molecule has 3 rings (SSSR count). The molecule has 0 aromatic carbocycles. The molecular weight excluding hydrogens is 500 g/mol. The molecule has 2 heterocycles. The first kappa shape index (κ1) is 28.6. The van der Waals surface area contributed by atoms with E-state index in [0.29, 0.717) is 30.7 Å². The first-order valence-electron chi connectivity index (χ1n) is 12.8. The number of thiophene rings is 1. The average molecular weight is 537 g/mol. The van der Waals surface area contributed by atoms with E-state index in [1.165, 1.54) is 16.2 Å². The van der Waals surface area contributed by atoms with Gasteiger partial charge in [0.25, 0.3) is 5.91 Å². The smallest absolute Gasteiger partial charge is 0.326 e. The first-order chi connectivity index (χ1) is 17.7. The molecule has 11 nitrogen and oxygen atoms in total. The van der Waals surface area contributed by atoms with Crippen LogP contribution in [0.4, 0.5) is 0 Å². The van der Waals surface area contributed by atoms with E-state index in [1.54, 1.807) is 17.5 Å². The van der Waals surface area contributed by atoms with Crippen LogP contribution in [0.5, 0.6) is 0 Å². The van der Waals surface area contributed by atoms with Crippen LogP contribution in [0.15, 0.2) is 17.5 Å². The summed E-state index contributed by atoms with van der Waals surface area (Å²) in [4.78, 5) is 64.2. The zero-order valence-electron chi connectivity index (χ0n) is 20.8. The molecular formula is C25H36N4O7S. The van der Waals surface area contributed by atoms with Crippen LogP contribution in [0.1, 0.15) is 73.9 Å². The highest BCUT2D eigenvalue weighted by molar-refractivity contribution is 7.12. The van der Waals surface area contributed by atoms with Crippen LogP contribution in [0.2, 0.25) is 0 Å². The summed E-state index contributed by atoms with van der Waals surface area (Å²) in [5.74, 6) is -3.70. The van der Waals surface area contributed by atoms with E-state index in [-0.39, 0.29) is 31.2 Å². The SMILES string of the molecule is NCCCC[C@H](NC(=O)c1cccs1)C(=O)N[C@H](CCC(=O)N1[C@H](C(=O)O)C[C@@H]2CCCC[C@@H]21)C(=O)O. The van der Waals surface area contributed by atoms with E-state index in [4.69, 9.17) is 5.73 Å². The lowest BCUT2D eigenvalue weighted by molar-refractivity contribution is -0.150. The molecule has 6 N–H and O–H groups in total. The number of hydrogen-bond donors (Lipinski definition) is 5. The molecule has 1 saturated heterocycles. The number of nitrogens with zero attached hydrogens (tertiary/aromatic N) is 1. The monoisotopic (exact) mass is 536 g/mol.